The molecule has 1 aromatic carbocycles. The third kappa shape index (κ3) is 5.23. The maximum Gasteiger partial charge on any atom is 0.247 e. The maximum absolute atomic E-state index is 11.1. The number of nitrogens with one attached hydrogen (secondary N) is 3. The van der Waals surface area contributed by atoms with Gasteiger partial charge in [-0.05, 0) is 37.5 Å². The van der Waals surface area contributed by atoms with Crippen LogP contribution in [0.5, 0.6) is 0 Å². The van der Waals surface area contributed by atoms with Gasteiger partial charge in [-0.3, -0.25) is 4.79 Å². The molecule has 3 aromatic rings. The minimum Gasteiger partial charge on any atom is -0.382 e. The maximum atomic E-state index is 11.1. The van der Waals surface area contributed by atoms with E-state index in [0.717, 1.165) is 37.8 Å². The van der Waals surface area contributed by atoms with Gasteiger partial charge in [0.1, 0.15) is 5.78 Å². The van der Waals surface area contributed by atoms with E-state index in [-0.39, 0.29) is 17.7 Å². The van der Waals surface area contributed by atoms with Crippen molar-refractivity contribution in [3.8, 4) is 6.07 Å². The second kappa shape index (κ2) is 10.2. The molecule has 0 radical (unpaired) electrons. The summed E-state index contributed by atoms with van der Waals surface area (Å²) in [7, 11) is 0. The van der Waals surface area contributed by atoms with E-state index in [1.807, 2.05) is 24.4 Å². The van der Waals surface area contributed by atoms with Crippen molar-refractivity contribution in [3.63, 3.8) is 0 Å². The van der Waals surface area contributed by atoms with Crippen LogP contribution in [0.4, 0.5) is 11.6 Å². The molecule has 9 heteroatoms. The minimum absolute atomic E-state index is 0.00173. The van der Waals surface area contributed by atoms with Crippen LogP contribution in [0.15, 0.2) is 60.6 Å². The molecule has 9 nitrogen and oxygen atoms in total. The standard InChI is InChI=1S/C25H28N8O/c1-19(34)15-28-16-21(14-27)29-24-30-23-22(8-5-13-33(23)31-24)32-17-25(18-32,11-12-26)10-9-20-6-3-2-4-7-20/h2-8,13-14,16,27-28H,9-11,15,17-18H2,1H3,(H,29,31)/b21-16+,27-14?. The van der Waals surface area contributed by atoms with Crippen molar-refractivity contribution in [3.05, 3.63) is 66.1 Å². The number of rotatable bonds is 11. The first-order chi connectivity index (χ1) is 16.5. The fraction of sp³-hybridized carbons (Fsp3) is 0.320. The minimum atomic E-state index is -0.0308. The Hall–Kier alpha value is -4.19. The Morgan fingerprint density at radius 1 is 1.26 bits per heavy atom. The monoisotopic (exact) mass is 456 g/mol. The number of aryl methyl sites for hydroxylation is 1. The van der Waals surface area contributed by atoms with Gasteiger partial charge in [0.2, 0.25) is 5.95 Å². The van der Waals surface area contributed by atoms with Gasteiger partial charge in [0.05, 0.1) is 24.0 Å². The van der Waals surface area contributed by atoms with Crippen molar-refractivity contribution < 1.29 is 4.79 Å². The number of nitriles is 1. The summed E-state index contributed by atoms with van der Waals surface area (Å²) < 4.78 is 1.70. The van der Waals surface area contributed by atoms with Gasteiger partial charge in [-0.15, -0.1) is 5.10 Å². The number of fused-ring (bicyclic) bond motifs is 1. The molecule has 1 saturated heterocycles. The molecule has 1 aliphatic heterocycles. The summed E-state index contributed by atoms with van der Waals surface area (Å²) in [6.07, 6.45) is 6.97. The summed E-state index contributed by atoms with van der Waals surface area (Å²) in [6.45, 7) is 3.27. The molecule has 1 aliphatic rings. The molecule has 0 bridgehead atoms. The molecule has 174 valence electrons. The van der Waals surface area contributed by atoms with E-state index in [2.05, 4.69) is 56.0 Å². The van der Waals surface area contributed by atoms with E-state index < -0.39 is 0 Å². The fourth-order valence-corrected chi connectivity index (χ4v) is 4.25. The molecule has 0 spiro atoms. The number of pyridine rings is 1. The second-order valence-electron chi connectivity index (χ2n) is 8.73. The van der Waals surface area contributed by atoms with Crippen LogP contribution in [-0.2, 0) is 11.2 Å². The van der Waals surface area contributed by atoms with Crippen molar-refractivity contribution in [1.82, 2.24) is 19.9 Å². The van der Waals surface area contributed by atoms with Crippen molar-refractivity contribution in [2.45, 2.75) is 26.2 Å². The van der Waals surface area contributed by atoms with Crippen molar-refractivity contribution in [2.24, 2.45) is 5.41 Å². The van der Waals surface area contributed by atoms with E-state index in [9.17, 15) is 10.1 Å². The molecule has 4 rings (SSSR count). The number of carbonyl (C=O) groups is 1. The highest BCUT2D eigenvalue weighted by Gasteiger charge is 2.43. The lowest BCUT2D eigenvalue weighted by molar-refractivity contribution is -0.116. The first-order valence-corrected chi connectivity index (χ1v) is 11.2. The zero-order valence-electron chi connectivity index (χ0n) is 19.2. The average Bonchev–Trinajstić information content (AvgIpc) is 3.23. The van der Waals surface area contributed by atoms with Crippen molar-refractivity contribution in [2.75, 3.05) is 29.9 Å². The molecule has 0 saturated carbocycles. The first kappa shape index (κ1) is 23.0. The Kier molecular flexibility index (Phi) is 6.87. The fourth-order valence-electron chi connectivity index (χ4n) is 4.25. The summed E-state index contributed by atoms with van der Waals surface area (Å²) in [6, 6.07) is 16.7. The third-order valence-electron chi connectivity index (χ3n) is 6.00. The van der Waals surface area contributed by atoms with Gasteiger partial charge < -0.3 is 20.9 Å². The van der Waals surface area contributed by atoms with Crippen LogP contribution in [0.2, 0.25) is 0 Å². The molecule has 0 unspecified atom stereocenters. The quantitative estimate of drug-likeness (QED) is 0.379. The average molecular weight is 457 g/mol. The summed E-state index contributed by atoms with van der Waals surface area (Å²) in [4.78, 5) is 18.0. The predicted octanol–water partition coefficient (Wildman–Crippen LogP) is 3.16. The highest BCUT2D eigenvalue weighted by atomic mass is 16.1. The van der Waals surface area contributed by atoms with Crippen LogP contribution in [0.1, 0.15) is 25.3 Å². The van der Waals surface area contributed by atoms with Crippen LogP contribution in [0.25, 0.3) is 5.65 Å². The zero-order chi connectivity index (χ0) is 24.0. The Morgan fingerprint density at radius 3 is 2.76 bits per heavy atom. The van der Waals surface area contributed by atoms with Crippen LogP contribution in [0.3, 0.4) is 0 Å². The molecule has 0 aliphatic carbocycles. The Bertz CT molecular complexity index is 1230. The van der Waals surface area contributed by atoms with E-state index in [1.54, 1.807) is 10.7 Å². The van der Waals surface area contributed by atoms with Gasteiger partial charge in [-0.2, -0.15) is 10.2 Å². The van der Waals surface area contributed by atoms with Crippen LogP contribution in [-0.4, -0.2) is 46.2 Å². The number of hydrogen-bond donors (Lipinski definition) is 3. The van der Waals surface area contributed by atoms with Crippen molar-refractivity contribution in [1.29, 1.82) is 10.7 Å². The number of allylic oxidation sites excluding steroid dienone is 1. The van der Waals surface area contributed by atoms with Gasteiger partial charge in [-0.25, -0.2) is 4.52 Å². The third-order valence-corrected chi connectivity index (χ3v) is 6.00. The number of ketones is 1. The molecule has 3 heterocycles. The van der Waals surface area contributed by atoms with Gasteiger partial charge in [0.15, 0.2) is 5.65 Å². The second-order valence-corrected chi connectivity index (χ2v) is 8.73. The number of carbonyl (C=O) groups excluding carboxylic acids is 1. The normalized spacial score (nSPS) is 14.8. The van der Waals surface area contributed by atoms with Gasteiger partial charge in [-0.1, -0.05) is 30.3 Å². The number of anilines is 2. The number of benzene rings is 1. The zero-order valence-corrected chi connectivity index (χ0v) is 19.2. The molecule has 3 N–H and O–H groups in total. The Labute approximate surface area is 198 Å². The van der Waals surface area contributed by atoms with Gasteiger partial charge in [0.25, 0.3) is 0 Å². The molecule has 2 aromatic heterocycles. The lowest BCUT2D eigenvalue weighted by Gasteiger charge is -2.50. The molecule has 0 amide bonds. The lowest BCUT2D eigenvalue weighted by atomic mass is 9.72. The highest BCUT2D eigenvalue weighted by molar-refractivity contribution is 5.81. The van der Waals surface area contributed by atoms with Crippen molar-refractivity contribution >= 4 is 29.3 Å². The lowest BCUT2D eigenvalue weighted by Crippen LogP contribution is -2.56. The summed E-state index contributed by atoms with van der Waals surface area (Å²) >= 11 is 0. The predicted molar refractivity (Wildman–Crippen MR) is 132 cm³/mol. The largest absolute Gasteiger partial charge is 0.382 e. The topological polar surface area (TPSA) is 122 Å². The van der Waals surface area contributed by atoms with Gasteiger partial charge >= 0.3 is 0 Å². The van der Waals surface area contributed by atoms with Crippen LogP contribution >= 0.6 is 0 Å². The van der Waals surface area contributed by atoms with E-state index in [0.29, 0.717) is 23.7 Å². The number of nitrogens with zero attached hydrogens (tertiary/aromatic N) is 5. The first-order valence-electron chi connectivity index (χ1n) is 11.2. The number of Topliss-reactive ketones (excluding diaryl/α,β-unsaturated/α-hetero) is 1. The smallest absolute Gasteiger partial charge is 0.247 e. The Balaban J connectivity index is 1.47. The summed E-state index contributed by atoms with van der Waals surface area (Å²) in [5.41, 5.74) is 3.38. The van der Waals surface area contributed by atoms with E-state index in [4.69, 9.17) is 5.41 Å². The van der Waals surface area contributed by atoms with Crippen LogP contribution in [0, 0.1) is 22.2 Å². The summed E-state index contributed by atoms with van der Waals surface area (Å²) in [5, 5.41) is 27.4. The molecule has 0 atom stereocenters. The van der Waals surface area contributed by atoms with Crippen LogP contribution < -0.4 is 15.5 Å². The number of aromatic nitrogens is 3. The summed E-state index contributed by atoms with van der Waals surface area (Å²) in [5.74, 6) is 0.363. The highest BCUT2D eigenvalue weighted by Crippen LogP contribution is 2.42. The number of hydrogen-bond acceptors (Lipinski definition) is 8. The molecule has 1 fully saturated rings. The van der Waals surface area contributed by atoms with E-state index >= 15 is 0 Å². The van der Waals surface area contributed by atoms with Gasteiger partial charge in [0, 0.05) is 43.5 Å². The molecular formula is C25H28N8O. The molecule has 34 heavy (non-hydrogen) atoms. The van der Waals surface area contributed by atoms with E-state index in [1.165, 1.54) is 12.5 Å². The molecular weight excluding hydrogens is 428 g/mol. The Morgan fingerprint density at radius 2 is 2.06 bits per heavy atom. The SMILES string of the molecule is CC(=O)CN/C=C(\C=N)Nc1nc2c(N3CC(CC#N)(CCc4ccccc4)C3)cccn2n1.